The van der Waals surface area contributed by atoms with E-state index in [9.17, 15) is 4.79 Å². The van der Waals surface area contributed by atoms with Gasteiger partial charge in [0.2, 0.25) is 0 Å². The van der Waals surface area contributed by atoms with Gasteiger partial charge in [-0.25, -0.2) is 0 Å². The molecule has 1 saturated carbocycles. The van der Waals surface area contributed by atoms with Gasteiger partial charge < -0.3 is 14.6 Å². The molecule has 0 aromatic heterocycles. The van der Waals surface area contributed by atoms with Gasteiger partial charge in [0.05, 0.1) is 24.7 Å². The molecule has 1 aliphatic heterocycles. The van der Waals surface area contributed by atoms with Crippen molar-refractivity contribution in [2.45, 2.75) is 31.5 Å². The maximum Gasteiger partial charge on any atom is 0.309 e. The van der Waals surface area contributed by atoms with E-state index in [1.54, 1.807) is 0 Å². The summed E-state index contributed by atoms with van der Waals surface area (Å²) in [5, 5.41) is 8.47. The fourth-order valence-corrected chi connectivity index (χ4v) is 1.88. The van der Waals surface area contributed by atoms with Crippen LogP contribution < -0.4 is 0 Å². The maximum absolute atomic E-state index is 11.3. The Hall–Kier alpha value is -0.610. The minimum Gasteiger partial charge on any atom is -0.463 e. The number of carbonyl (C=O) groups is 1. The second kappa shape index (κ2) is 3.64. The monoisotopic (exact) mass is 186 g/mol. The molecule has 0 radical (unpaired) electrons. The number of aliphatic hydroxyl groups excluding tert-OH is 1. The molecule has 1 saturated heterocycles. The summed E-state index contributed by atoms with van der Waals surface area (Å²) in [5.74, 6) is -0.182. The van der Waals surface area contributed by atoms with Crippen LogP contribution in [-0.2, 0) is 14.3 Å². The van der Waals surface area contributed by atoms with E-state index in [1.165, 1.54) is 0 Å². The van der Waals surface area contributed by atoms with Crippen LogP contribution in [0.15, 0.2) is 0 Å². The third-order valence-corrected chi connectivity index (χ3v) is 2.67. The summed E-state index contributed by atoms with van der Waals surface area (Å²) in [5.41, 5.74) is 0. The van der Waals surface area contributed by atoms with Crippen molar-refractivity contribution in [2.75, 3.05) is 13.2 Å². The lowest BCUT2D eigenvalue weighted by molar-refractivity contribution is -0.150. The topological polar surface area (TPSA) is 59.1 Å². The number of rotatable bonds is 3. The lowest BCUT2D eigenvalue weighted by atomic mass is 9.89. The number of hydrogen-bond donors (Lipinski definition) is 1. The molecule has 0 amide bonds. The highest BCUT2D eigenvalue weighted by Gasteiger charge is 2.46. The molecule has 1 N–H and O–H groups in total. The first-order valence-corrected chi connectivity index (χ1v) is 4.74. The van der Waals surface area contributed by atoms with Crippen molar-refractivity contribution in [1.29, 1.82) is 0 Å². The maximum atomic E-state index is 11.3. The van der Waals surface area contributed by atoms with Crippen molar-refractivity contribution in [1.82, 2.24) is 0 Å². The van der Waals surface area contributed by atoms with Crippen molar-refractivity contribution in [3.63, 3.8) is 0 Å². The molecule has 4 nitrogen and oxygen atoms in total. The van der Waals surface area contributed by atoms with Crippen molar-refractivity contribution in [3.8, 4) is 0 Å². The first-order chi connectivity index (χ1) is 6.31. The van der Waals surface area contributed by atoms with Crippen LogP contribution >= 0.6 is 0 Å². The Bertz CT molecular complexity index is 204. The lowest BCUT2D eigenvalue weighted by Gasteiger charge is -2.16. The summed E-state index contributed by atoms with van der Waals surface area (Å²) < 4.78 is 10.2. The van der Waals surface area contributed by atoms with Gasteiger partial charge in [0.1, 0.15) is 6.61 Å². The molecule has 3 atom stereocenters. The lowest BCUT2D eigenvalue weighted by Crippen LogP contribution is -2.24. The summed E-state index contributed by atoms with van der Waals surface area (Å²) >= 11 is 0. The summed E-state index contributed by atoms with van der Waals surface area (Å²) in [7, 11) is 0. The molecule has 0 aromatic carbocycles. The van der Waals surface area contributed by atoms with Crippen LogP contribution in [0.3, 0.4) is 0 Å². The minimum atomic E-state index is -0.178. The van der Waals surface area contributed by atoms with Crippen molar-refractivity contribution in [2.24, 2.45) is 5.92 Å². The van der Waals surface area contributed by atoms with Crippen LogP contribution in [0, 0.1) is 5.92 Å². The Morgan fingerprint density at radius 3 is 3.00 bits per heavy atom. The fourth-order valence-electron chi connectivity index (χ4n) is 1.88. The molecule has 74 valence electrons. The van der Waals surface area contributed by atoms with E-state index < -0.39 is 0 Å². The van der Waals surface area contributed by atoms with Gasteiger partial charge in [0.15, 0.2) is 0 Å². The van der Waals surface area contributed by atoms with Gasteiger partial charge in [-0.15, -0.1) is 0 Å². The average molecular weight is 186 g/mol. The van der Waals surface area contributed by atoms with Gasteiger partial charge in [-0.3, -0.25) is 4.79 Å². The molecule has 2 fully saturated rings. The van der Waals surface area contributed by atoms with Gasteiger partial charge in [0, 0.05) is 0 Å². The minimum absolute atomic E-state index is 0.00435. The molecule has 2 rings (SSSR count). The molecule has 0 aromatic rings. The fraction of sp³-hybridized carbons (Fsp3) is 0.889. The highest BCUT2D eigenvalue weighted by atomic mass is 16.6. The molecular formula is C9H14O4. The Labute approximate surface area is 76.8 Å². The standard InChI is InChI=1S/C9H14O4/c10-3-4-12-9(11)6-1-2-7-8(5-6)13-7/h6-8,10H,1-5H2/t6-,7+,8-/m1/s1. The van der Waals surface area contributed by atoms with E-state index in [-0.39, 0.29) is 25.1 Å². The number of esters is 1. The average Bonchev–Trinajstić information content (AvgIpc) is 2.91. The molecular weight excluding hydrogens is 172 g/mol. The third kappa shape index (κ3) is 2.00. The van der Waals surface area contributed by atoms with Crippen LogP contribution in [0.1, 0.15) is 19.3 Å². The Morgan fingerprint density at radius 1 is 1.46 bits per heavy atom. The largest absolute Gasteiger partial charge is 0.463 e. The molecule has 0 spiro atoms. The Kier molecular flexibility index (Phi) is 2.51. The van der Waals surface area contributed by atoms with Crippen LogP contribution in [-0.4, -0.2) is 36.5 Å². The molecule has 2 aliphatic rings. The number of fused-ring (bicyclic) bond motifs is 1. The van der Waals surface area contributed by atoms with E-state index in [1.807, 2.05) is 0 Å². The summed E-state index contributed by atoms with van der Waals surface area (Å²) in [6, 6.07) is 0. The second-order valence-corrected chi connectivity index (χ2v) is 3.61. The van der Waals surface area contributed by atoms with Crippen molar-refractivity contribution >= 4 is 5.97 Å². The smallest absolute Gasteiger partial charge is 0.309 e. The summed E-state index contributed by atoms with van der Waals surface area (Å²) in [4.78, 5) is 11.3. The third-order valence-electron chi connectivity index (χ3n) is 2.67. The zero-order valence-electron chi connectivity index (χ0n) is 7.44. The Morgan fingerprint density at radius 2 is 2.31 bits per heavy atom. The molecule has 0 unspecified atom stereocenters. The number of carbonyl (C=O) groups excluding carboxylic acids is 1. The van der Waals surface area contributed by atoms with Crippen molar-refractivity contribution in [3.05, 3.63) is 0 Å². The quantitative estimate of drug-likeness (QED) is 0.501. The number of aliphatic hydroxyl groups is 1. The molecule has 1 heterocycles. The number of epoxide rings is 1. The summed E-state index contributed by atoms with van der Waals surface area (Å²) in [6.07, 6.45) is 3.37. The van der Waals surface area contributed by atoms with Gasteiger partial charge in [-0.2, -0.15) is 0 Å². The first kappa shape index (κ1) is 8.97. The normalized spacial score (nSPS) is 36.5. The van der Waals surface area contributed by atoms with Gasteiger partial charge in [-0.1, -0.05) is 0 Å². The van der Waals surface area contributed by atoms with Crippen LogP contribution in [0.25, 0.3) is 0 Å². The van der Waals surface area contributed by atoms with Crippen LogP contribution in [0.5, 0.6) is 0 Å². The van der Waals surface area contributed by atoms with Crippen molar-refractivity contribution < 1.29 is 19.4 Å². The Balaban J connectivity index is 1.75. The van der Waals surface area contributed by atoms with E-state index in [2.05, 4.69) is 0 Å². The highest BCUT2D eigenvalue weighted by Crippen LogP contribution is 2.39. The highest BCUT2D eigenvalue weighted by molar-refractivity contribution is 5.72. The van der Waals surface area contributed by atoms with E-state index >= 15 is 0 Å². The SMILES string of the molecule is O=C(OCCO)[C@@H]1CC[C@@H]2O[C@@H]2C1. The van der Waals surface area contributed by atoms with E-state index in [4.69, 9.17) is 14.6 Å². The number of hydrogen-bond acceptors (Lipinski definition) is 4. The zero-order valence-corrected chi connectivity index (χ0v) is 7.44. The molecule has 4 heteroatoms. The predicted octanol–water partition coefficient (Wildman–Crippen LogP) is 0.0894. The number of ether oxygens (including phenoxy) is 2. The van der Waals surface area contributed by atoms with Crippen LogP contribution in [0.2, 0.25) is 0 Å². The molecule has 13 heavy (non-hydrogen) atoms. The predicted molar refractivity (Wildman–Crippen MR) is 44.0 cm³/mol. The summed E-state index contributed by atoms with van der Waals surface area (Å²) in [6.45, 7) is 0.0191. The molecule has 1 aliphatic carbocycles. The van der Waals surface area contributed by atoms with Crippen LogP contribution in [0.4, 0.5) is 0 Å². The zero-order chi connectivity index (χ0) is 9.26. The second-order valence-electron chi connectivity index (χ2n) is 3.61. The van der Waals surface area contributed by atoms with Gasteiger partial charge in [0.25, 0.3) is 0 Å². The molecule has 0 bridgehead atoms. The van der Waals surface area contributed by atoms with E-state index in [0.29, 0.717) is 12.2 Å². The van der Waals surface area contributed by atoms with E-state index in [0.717, 1.165) is 19.3 Å². The van der Waals surface area contributed by atoms with Gasteiger partial charge in [-0.05, 0) is 19.3 Å². The van der Waals surface area contributed by atoms with Gasteiger partial charge >= 0.3 is 5.97 Å². The first-order valence-electron chi connectivity index (χ1n) is 4.74.